The van der Waals surface area contributed by atoms with Gasteiger partial charge in [-0.25, -0.2) is 4.98 Å². The molecule has 1 N–H and O–H groups in total. The van der Waals surface area contributed by atoms with Gasteiger partial charge in [0, 0.05) is 12.7 Å². The SMILES string of the molecule is COc1cc(CNc2cncc(C)n2)ccc1C. The molecule has 4 nitrogen and oxygen atoms in total. The molecule has 0 aliphatic heterocycles. The lowest BCUT2D eigenvalue weighted by atomic mass is 10.1. The van der Waals surface area contributed by atoms with E-state index in [1.54, 1.807) is 19.5 Å². The number of aryl methyl sites for hydroxylation is 2. The number of anilines is 1. The Bertz CT molecular complexity index is 540. The predicted molar refractivity (Wildman–Crippen MR) is 71.8 cm³/mol. The molecule has 94 valence electrons. The van der Waals surface area contributed by atoms with Crippen LogP contribution in [0, 0.1) is 13.8 Å². The Morgan fingerprint density at radius 2 is 2.06 bits per heavy atom. The molecule has 0 spiro atoms. The van der Waals surface area contributed by atoms with E-state index in [-0.39, 0.29) is 0 Å². The summed E-state index contributed by atoms with van der Waals surface area (Å²) < 4.78 is 5.30. The van der Waals surface area contributed by atoms with Crippen LogP contribution in [0.15, 0.2) is 30.6 Å². The van der Waals surface area contributed by atoms with Gasteiger partial charge in [-0.2, -0.15) is 0 Å². The second-order valence-electron chi connectivity index (χ2n) is 4.20. The summed E-state index contributed by atoms with van der Waals surface area (Å²) in [7, 11) is 1.69. The highest BCUT2D eigenvalue weighted by molar-refractivity contribution is 5.39. The van der Waals surface area contributed by atoms with Gasteiger partial charge in [-0.1, -0.05) is 12.1 Å². The van der Waals surface area contributed by atoms with Crippen molar-refractivity contribution < 1.29 is 4.74 Å². The summed E-state index contributed by atoms with van der Waals surface area (Å²) >= 11 is 0. The average Bonchev–Trinajstić information content (AvgIpc) is 2.38. The minimum atomic E-state index is 0.703. The van der Waals surface area contributed by atoms with Crippen LogP contribution in [0.4, 0.5) is 5.82 Å². The molecule has 0 bridgehead atoms. The van der Waals surface area contributed by atoms with Crippen LogP contribution in [0.5, 0.6) is 5.75 Å². The molecular weight excluding hydrogens is 226 g/mol. The monoisotopic (exact) mass is 243 g/mol. The minimum Gasteiger partial charge on any atom is -0.496 e. The molecular formula is C14H17N3O. The smallest absolute Gasteiger partial charge is 0.145 e. The van der Waals surface area contributed by atoms with E-state index >= 15 is 0 Å². The van der Waals surface area contributed by atoms with Gasteiger partial charge >= 0.3 is 0 Å². The molecule has 2 rings (SSSR count). The van der Waals surface area contributed by atoms with E-state index in [4.69, 9.17) is 4.74 Å². The molecule has 0 amide bonds. The molecule has 0 unspecified atom stereocenters. The van der Waals surface area contributed by atoms with Gasteiger partial charge in [0.2, 0.25) is 0 Å². The van der Waals surface area contributed by atoms with Crippen LogP contribution >= 0.6 is 0 Å². The Hall–Kier alpha value is -2.10. The van der Waals surface area contributed by atoms with Gasteiger partial charge in [-0.3, -0.25) is 4.98 Å². The zero-order valence-corrected chi connectivity index (χ0v) is 10.9. The van der Waals surface area contributed by atoms with Crippen LogP contribution in [0.2, 0.25) is 0 Å². The van der Waals surface area contributed by atoms with E-state index in [9.17, 15) is 0 Å². The third-order valence-electron chi connectivity index (χ3n) is 2.70. The summed E-state index contributed by atoms with van der Waals surface area (Å²) in [4.78, 5) is 8.44. The molecule has 0 radical (unpaired) electrons. The number of methoxy groups -OCH3 is 1. The summed E-state index contributed by atoms with van der Waals surface area (Å²) in [6.07, 6.45) is 3.46. The van der Waals surface area contributed by atoms with Crippen LogP contribution in [0.3, 0.4) is 0 Å². The standard InChI is InChI=1S/C14H17N3O/c1-10-4-5-12(6-13(10)18-3)8-16-14-9-15-7-11(2)17-14/h4-7,9H,8H2,1-3H3,(H,16,17). The van der Waals surface area contributed by atoms with Crippen molar-refractivity contribution in [2.45, 2.75) is 20.4 Å². The van der Waals surface area contributed by atoms with Gasteiger partial charge in [0.05, 0.1) is 19.0 Å². The lowest BCUT2D eigenvalue weighted by molar-refractivity contribution is 0.411. The van der Waals surface area contributed by atoms with E-state index in [1.165, 1.54) is 0 Å². The lowest BCUT2D eigenvalue weighted by Crippen LogP contribution is -2.03. The fourth-order valence-corrected chi connectivity index (χ4v) is 1.72. The Balaban J connectivity index is 2.06. The van der Waals surface area contributed by atoms with Crippen LogP contribution in [0.25, 0.3) is 0 Å². The van der Waals surface area contributed by atoms with Crippen molar-refractivity contribution in [1.82, 2.24) is 9.97 Å². The molecule has 1 aromatic carbocycles. The van der Waals surface area contributed by atoms with Crippen molar-refractivity contribution in [2.24, 2.45) is 0 Å². The Morgan fingerprint density at radius 1 is 1.22 bits per heavy atom. The topological polar surface area (TPSA) is 47.0 Å². The van der Waals surface area contributed by atoms with Crippen LogP contribution in [-0.4, -0.2) is 17.1 Å². The maximum atomic E-state index is 5.30. The molecule has 0 aliphatic carbocycles. The number of benzene rings is 1. The summed E-state index contributed by atoms with van der Waals surface area (Å²) in [5, 5.41) is 3.24. The molecule has 0 aliphatic rings. The van der Waals surface area contributed by atoms with Crippen LogP contribution in [0.1, 0.15) is 16.8 Å². The van der Waals surface area contributed by atoms with Gasteiger partial charge in [-0.15, -0.1) is 0 Å². The third-order valence-corrected chi connectivity index (χ3v) is 2.70. The lowest BCUT2D eigenvalue weighted by Gasteiger charge is -2.09. The first-order chi connectivity index (χ1) is 8.69. The van der Waals surface area contributed by atoms with E-state index in [2.05, 4.69) is 27.4 Å². The van der Waals surface area contributed by atoms with Crippen molar-refractivity contribution in [3.05, 3.63) is 47.4 Å². The fourth-order valence-electron chi connectivity index (χ4n) is 1.72. The molecule has 18 heavy (non-hydrogen) atoms. The van der Waals surface area contributed by atoms with Gasteiger partial charge in [-0.05, 0) is 31.0 Å². The maximum Gasteiger partial charge on any atom is 0.145 e. The third kappa shape index (κ3) is 2.97. The quantitative estimate of drug-likeness (QED) is 0.897. The maximum absolute atomic E-state index is 5.30. The molecule has 0 saturated heterocycles. The van der Waals surface area contributed by atoms with E-state index in [0.29, 0.717) is 6.54 Å². The van der Waals surface area contributed by atoms with Crippen molar-refractivity contribution in [3.63, 3.8) is 0 Å². The van der Waals surface area contributed by atoms with Crippen LogP contribution < -0.4 is 10.1 Å². The number of aromatic nitrogens is 2. The first-order valence-corrected chi connectivity index (χ1v) is 5.85. The highest BCUT2D eigenvalue weighted by Gasteiger charge is 2.01. The van der Waals surface area contributed by atoms with Gasteiger partial charge in [0.15, 0.2) is 0 Å². The van der Waals surface area contributed by atoms with Gasteiger partial charge < -0.3 is 10.1 Å². The van der Waals surface area contributed by atoms with E-state index in [1.807, 2.05) is 19.9 Å². The number of rotatable bonds is 4. The zero-order chi connectivity index (χ0) is 13.0. The van der Waals surface area contributed by atoms with Crippen molar-refractivity contribution in [2.75, 3.05) is 12.4 Å². The fraction of sp³-hybridized carbons (Fsp3) is 0.286. The molecule has 4 heteroatoms. The van der Waals surface area contributed by atoms with Gasteiger partial charge in [0.1, 0.15) is 11.6 Å². The predicted octanol–water partition coefficient (Wildman–Crippen LogP) is 2.71. The van der Waals surface area contributed by atoms with Gasteiger partial charge in [0.25, 0.3) is 0 Å². The molecule has 0 saturated carbocycles. The molecule has 1 heterocycles. The number of nitrogens with one attached hydrogen (secondary N) is 1. The highest BCUT2D eigenvalue weighted by Crippen LogP contribution is 2.19. The first kappa shape index (κ1) is 12.4. The Morgan fingerprint density at radius 3 is 2.78 bits per heavy atom. The number of ether oxygens (including phenoxy) is 1. The molecule has 1 aromatic heterocycles. The Labute approximate surface area is 107 Å². The summed E-state index contributed by atoms with van der Waals surface area (Å²) in [5.74, 6) is 1.69. The Kier molecular flexibility index (Phi) is 3.77. The van der Waals surface area contributed by atoms with E-state index < -0.39 is 0 Å². The normalized spacial score (nSPS) is 10.2. The van der Waals surface area contributed by atoms with Crippen molar-refractivity contribution >= 4 is 5.82 Å². The first-order valence-electron chi connectivity index (χ1n) is 5.85. The summed E-state index contributed by atoms with van der Waals surface area (Å²) in [5.41, 5.74) is 3.19. The van der Waals surface area contributed by atoms with Crippen LogP contribution in [-0.2, 0) is 6.54 Å². The highest BCUT2D eigenvalue weighted by atomic mass is 16.5. The van der Waals surface area contributed by atoms with Crippen molar-refractivity contribution in [3.8, 4) is 5.75 Å². The molecule has 0 atom stereocenters. The average molecular weight is 243 g/mol. The van der Waals surface area contributed by atoms with E-state index in [0.717, 1.165) is 28.4 Å². The molecule has 0 fully saturated rings. The van der Waals surface area contributed by atoms with Crippen molar-refractivity contribution in [1.29, 1.82) is 0 Å². The number of nitrogens with zero attached hydrogens (tertiary/aromatic N) is 2. The summed E-state index contributed by atoms with van der Waals surface area (Å²) in [6, 6.07) is 6.16. The number of hydrogen-bond acceptors (Lipinski definition) is 4. The summed E-state index contributed by atoms with van der Waals surface area (Å²) in [6.45, 7) is 4.66. The minimum absolute atomic E-state index is 0.703. The number of hydrogen-bond donors (Lipinski definition) is 1. The largest absolute Gasteiger partial charge is 0.496 e. The molecule has 2 aromatic rings. The zero-order valence-electron chi connectivity index (χ0n) is 10.9. The second kappa shape index (κ2) is 5.49. The second-order valence-corrected chi connectivity index (χ2v) is 4.20.